The van der Waals surface area contributed by atoms with E-state index in [4.69, 9.17) is 16.3 Å². The van der Waals surface area contributed by atoms with E-state index in [0.29, 0.717) is 17.4 Å². The normalized spacial score (nSPS) is 15.1. The third-order valence-corrected chi connectivity index (χ3v) is 5.80. The number of nitrogens with zero attached hydrogens (tertiary/aromatic N) is 1. The first-order chi connectivity index (χ1) is 14.5. The van der Waals surface area contributed by atoms with E-state index in [2.05, 4.69) is 22.3 Å². The van der Waals surface area contributed by atoms with Gasteiger partial charge >= 0.3 is 0 Å². The molecule has 3 rings (SSSR count). The number of rotatable bonds is 9. The molecule has 30 heavy (non-hydrogen) atoms. The molecular formula is C24H29ClN2O3. The van der Waals surface area contributed by atoms with E-state index in [0.717, 1.165) is 50.1 Å². The number of ether oxygens (including phenoxy) is 1. The fourth-order valence-corrected chi connectivity index (χ4v) is 4.06. The molecule has 1 N–H and O–H groups in total. The summed E-state index contributed by atoms with van der Waals surface area (Å²) in [5.74, 6) is 0.530. The van der Waals surface area contributed by atoms with Crippen LogP contribution in [0.15, 0.2) is 48.5 Å². The number of Topliss-reactive ketones (excluding diaryl/α,β-unsaturated/α-hetero) is 1. The highest BCUT2D eigenvalue weighted by Gasteiger charge is 2.21. The van der Waals surface area contributed by atoms with Crippen LogP contribution in [0.25, 0.3) is 0 Å². The number of methoxy groups -OCH3 is 1. The van der Waals surface area contributed by atoms with Crippen LogP contribution in [0.1, 0.15) is 47.5 Å². The van der Waals surface area contributed by atoms with Gasteiger partial charge in [0.05, 0.1) is 0 Å². The number of benzene rings is 2. The van der Waals surface area contributed by atoms with Crippen LogP contribution in [0.4, 0.5) is 5.69 Å². The van der Waals surface area contributed by atoms with Gasteiger partial charge in [-0.3, -0.25) is 9.59 Å². The Morgan fingerprint density at radius 1 is 1.13 bits per heavy atom. The van der Waals surface area contributed by atoms with Crippen LogP contribution >= 0.6 is 11.6 Å². The van der Waals surface area contributed by atoms with Crippen molar-refractivity contribution in [3.05, 3.63) is 64.7 Å². The largest absolute Gasteiger partial charge is 0.375 e. The highest BCUT2D eigenvalue weighted by molar-refractivity contribution is 6.30. The monoisotopic (exact) mass is 428 g/mol. The molecule has 2 aromatic carbocycles. The summed E-state index contributed by atoms with van der Waals surface area (Å²) >= 11 is 5.88. The van der Waals surface area contributed by atoms with Gasteiger partial charge in [0, 0.05) is 29.8 Å². The molecule has 0 atom stereocenters. The highest BCUT2D eigenvalue weighted by Crippen LogP contribution is 2.29. The molecule has 0 saturated carbocycles. The minimum absolute atomic E-state index is 0.0587. The first-order valence-electron chi connectivity index (χ1n) is 10.4. The van der Waals surface area contributed by atoms with Crippen molar-refractivity contribution >= 4 is 29.0 Å². The molecule has 6 heteroatoms. The van der Waals surface area contributed by atoms with Crippen molar-refractivity contribution in [1.82, 2.24) is 4.90 Å². The standard InChI is InChI=1S/C24H29ClN2O3/c1-30-17-24(29)26-22-5-2-4-20(16-22)18-11-14-27(15-12-18)13-3-6-23(28)19-7-9-21(25)10-8-19/h2,4-5,7-10,16,18H,3,6,11-15,17H2,1H3,(H,26,29). The van der Waals surface area contributed by atoms with Crippen molar-refractivity contribution in [1.29, 1.82) is 0 Å². The zero-order valence-electron chi connectivity index (χ0n) is 17.4. The van der Waals surface area contributed by atoms with Crippen molar-refractivity contribution in [2.75, 3.05) is 38.7 Å². The molecule has 1 fully saturated rings. The first-order valence-corrected chi connectivity index (χ1v) is 10.8. The molecule has 0 spiro atoms. The van der Waals surface area contributed by atoms with E-state index in [1.165, 1.54) is 12.7 Å². The molecule has 0 unspecified atom stereocenters. The second kappa shape index (κ2) is 11.3. The lowest BCUT2D eigenvalue weighted by Crippen LogP contribution is -2.33. The molecule has 1 aliphatic heterocycles. The smallest absolute Gasteiger partial charge is 0.250 e. The fourth-order valence-electron chi connectivity index (χ4n) is 3.93. The molecule has 1 aliphatic rings. The van der Waals surface area contributed by atoms with Crippen LogP contribution in [-0.2, 0) is 9.53 Å². The van der Waals surface area contributed by atoms with Gasteiger partial charge in [0.25, 0.3) is 0 Å². The summed E-state index contributed by atoms with van der Waals surface area (Å²) in [6, 6.07) is 15.2. The molecule has 5 nitrogen and oxygen atoms in total. The number of carbonyl (C=O) groups excluding carboxylic acids is 2. The Labute approximate surface area is 183 Å². The Balaban J connectivity index is 1.42. The van der Waals surface area contributed by atoms with Gasteiger partial charge in [-0.1, -0.05) is 23.7 Å². The van der Waals surface area contributed by atoms with E-state index in [-0.39, 0.29) is 18.3 Å². The van der Waals surface area contributed by atoms with Crippen LogP contribution in [0, 0.1) is 0 Å². The summed E-state index contributed by atoms with van der Waals surface area (Å²) in [6.07, 6.45) is 3.60. The molecule has 1 amide bonds. The number of likely N-dealkylation sites (tertiary alicyclic amines) is 1. The number of hydrogen-bond donors (Lipinski definition) is 1. The summed E-state index contributed by atoms with van der Waals surface area (Å²) < 4.78 is 4.87. The predicted octanol–water partition coefficient (Wildman–Crippen LogP) is 4.77. The van der Waals surface area contributed by atoms with Crippen LogP contribution in [-0.4, -0.2) is 49.9 Å². The van der Waals surface area contributed by atoms with E-state index in [1.807, 2.05) is 12.1 Å². The summed E-state index contributed by atoms with van der Waals surface area (Å²) in [5, 5.41) is 3.52. The number of ketones is 1. The third-order valence-electron chi connectivity index (χ3n) is 5.55. The lowest BCUT2D eigenvalue weighted by atomic mass is 9.89. The maximum Gasteiger partial charge on any atom is 0.250 e. The summed E-state index contributed by atoms with van der Waals surface area (Å²) in [6.45, 7) is 3.06. The lowest BCUT2D eigenvalue weighted by molar-refractivity contribution is -0.119. The van der Waals surface area contributed by atoms with Gasteiger partial charge in [-0.15, -0.1) is 0 Å². The van der Waals surface area contributed by atoms with Gasteiger partial charge in [-0.05, 0) is 86.8 Å². The molecule has 160 valence electrons. The zero-order valence-corrected chi connectivity index (χ0v) is 18.2. The number of nitrogens with one attached hydrogen (secondary N) is 1. The molecule has 2 aromatic rings. The van der Waals surface area contributed by atoms with Crippen molar-refractivity contribution in [3.8, 4) is 0 Å². The Kier molecular flexibility index (Phi) is 8.43. The molecule has 0 radical (unpaired) electrons. The van der Waals surface area contributed by atoms with Gasteiger partial charge in [-0.2, -0.15) is 0 Å². The average Bonchev–Trinajstić information content (AvgIpc) is 2.75. The number of anilines is 1. The third kappa shape index (κ3) is 6.66. The highest BCUT2D eigenvalue weighted by atomic mass is 35.5. The van der Waals surface area contributed by atoms with E-state index in [9.17, 15) is 9.59 Å². The maximum absolute atomic E-state index is 12.3. The molecule has 1 heterocycles. The lowest BCUT2D eigenvalue weighted by Gasteiger charge is -2.32. The number of amides is 1. The van der Waals surface area contributed by atoms with Crippen LogP contribution in [0.3, 0.4) is 0 Å². The van der Waals surface area contributed by atoms with Crippen LogP contribution < -0.4 is 5.32 Å². The summed E-state index contributed by atoms with van der Waals surface area (Å²) in [4.78, 5) is 26.4. The van der Waals surface area contributed by atoms with Gasteiger partial charge < -0.3 is 15.0 Å². The topological polar surface area (TPSA) is 58.6 Å². The second-order valence-electron chi connectivity index (χ2n) is 7.76. The van der Waals surface area contributed by atoms with Gasteiger partial charge in [0.15, 0.2) is 5.78 Å². The van der Waals surface area contributed by atoms with Crippen molar-refractivity contribution in [2.45, 2.75) is 31.6 Å². The molecule has 1 saturated heterocycles. The zero-order chi connectivity index (χ0) is 21.3. The first kappa shape index (κ1) is 22.5. The van der Waals surface area contributed by atoms with E-state index < -0.39 is 0 Å². The Bertz CT molecular complexity index is 846. The minimum Gasteiger partial charge on any atom is -0.375 e. The van der Waals surface area contributed by atoms with E-state index >= 15 is 0 Å². The fraction of sp³-hybridized carbons (Fsp3) is 0.417. The van der Waals surface area contributed by atoms with Crippen molar-refractivity contribution in [3.63, 3.8) is 0 Å². The predicted molar refractivity (Wildman–Crippen MR) is 120 cm³/mol. The Hall–Kier alpha value is -2.21. The number of halogens is 1. The van der Waals surface area contributed by atoms with Gasteiger partial charge in [0.1, 0.15) is 6.61 Å². The molecule has 0 aliphatic carbocycles. The van der Waals surface area contributed by atoms with Crippen molar-refractivity contribution in [2.24, 2.45) is 0 Å². The maximum atomic E-state index is 12.3. The van der Waals surface area contributed by atoms with E-state index in [1.54, 1.807) is 24.3 Å². The number of hydrogen-bond acceptors (Lipinski definition) is 4. The summed E-state index contributed by atoms with van der Waals surface area (Å²) in [5.41, 5.74) is 2.82. The minimum atomic E-state index is -0.141. The van der Waals surface area contributed by atoms with Crippen molar-refractivity contribution < 1.29 is 14.3 Å². The Morgan fingerprint density at radius 2 is 1.87 bits per heavy atom. The summed E-state index contributed by atoms with van der Waals surface area (Å²) in [7, 11) is 1.51. The SMILES string of the molecule is COCC(=O)Nc1cccc(C2CCN(CCCC(=O)c3ccc(Cl)cc3)CC2)c1. The Morgan fingerprint density at radius 3 is 2.57 bits per heavy atom. The molecule has 0 bridgehead atoms. The number of carbonyl (C=O) groups is 2. The van der Waals surface area contributed by atoms with Crippen LogP contribution in [0.2, 0.25) is 5.02 Å². The molecular weight excluding hydrogens is 400 g/mol. The van der Waals surface area contributed by atoms with Crippen LogP contribution in [0.5, 0.6) is 0 Å². The second-order valence-corrected chi connectivity index (χ2v) is 8.19. The number of piperidine rings is 1. The quantitative estimate of drug-likeness (QED) is 0.584. The molecule has 0 aromatic heterocycles. The average molecular weight is 429 g/mol. The van der Waals surface area contributed by atoms with Gasteiger partial charge in [-0.25, -0.2) is 0 Å². The van der Waals surface area contributed by atoms with Gasteiger partial charge in [0.2, 0.25) is 5.91 Å².